The van der Waals surface area contributed by atoms with E-state index in [4.69, 9.17) is 13.9 Å². The fraction of sp³-hybridized carbons (Fsp3) is 0. The number of carbonyl (C=O) groups is 1. The van der Waals surface area contributed by atoms with Gasteiger partial charge in [-0.2, -0.15) is 0 Å². The first-order chi connectivity index (χ1) is 9.65. The Bertz CT molecular complexity index is 778. The second kappa shape index (κ2) is 4.93. The minimum Gasteiger partial charge on any atom is -0.478 e. The van der Waals surface area contributed by atoms with Gasteiger partial charge in [0.2, 0.25) is 5.89 Å². The van der Waals surface area contributed by atoms with Crippen molar-refractivity contribution in [2.45, 2.75) is 0 Å². The van der Waals surface area contributed by atoms with Gasteiger partial charge in [-0.15, -0.1) is 10.2 Å². The van der Waals surface area contributed by atoms with Crippen molar-refractivity contribution in [1.82, 2.24) is 10.2 Å². The number of hydrogen-bond acceptors (Lipinski definition) is 5. The van der Waals surface area contributed by atoms with Crippen molar-refractivity contribution >= 4 is 21.9 Å². The number of hydrogen-bond donors (Lipinski definition) is 1. The average molecular weight is 335 g/mol. The van der Waals surface area contributed by atoms with Crippen LogP contribution in [-0.4, -0.2) is 21.3 Å². The predicted molar refractivity (Wildman–Crippen MR) is 72.1 cm³/mol. The van der Waals surface area contributed by atoms with Crippen molar-refractivity contribution in [2.24, 2.45) is 0 Å². The summed E-state index contributed by atoms with van der Waals surface area (Å²) in [6, 6.07) is 9.79. The van der Waals surface area contributed by atoms with Gasteiger partial charge in [0.15, 0.2) is 10.4 Å². The van der Waals surface area contributed by atoms with Gasteiger partial charge in [0.25, 0.3) is 5.89 Å². The van der Waals surface area contributed by atoms with E-state index >= 15 is 0 Å². The zero-order chi connectivity index (χ0) is 14.1. The maximum Gasteiger partial charge on any atom is 0.336 e. The highest BCUT2D eigenvalue weighted by molar-refractivity contribution is 9.10. The molecule has 20 heavy (non-hydrogen) atoms. The highest BCUT2D eigenvalue weighted by atomic mass is 79.9. The molecule has 2 heterocycles. The van der Waals surface area contributed by atoms with Gasteiger partial charge < -0.3 is 13.9 Å². The molecule has 3 aromatic rings. The standard InChI is InChI=1S/C13H7BrN2O4/c14-10-6-5-9(19-10)12-16-15-11(20-12)7-3-1-2-4-8(7)13(17)18/h1-6H,(H,17,18). The number of aromatic carboxylic acids is 1. The molecule has 100 valence electrons. The van der Waals surface area contributed by atoms with E-state index in [1.807, 2.05) is 0 Å². The van der Waals surface area contributed by atoms with Crippen LogP contribution in [0.15, 0.2) is 49.9 Å². The van der Waals surface area contributed by atoms with Gasteiger partial charge in [-0.3, -0.25) is 0 Å². The van der Waals surface area contributed by atoms with Crippen LogP contribution in [0.4, 0.5) is 0 Å². The lowest BCUT2D eigenvalue weighted by atomic mass is 10.1. The van der Waals surface area contributed by atoms with E-state index in [0.717, 1.165) is 0 Å². The van der Waals surface area contributed by atoms with Gasteiger partial charge in [0, 0.05) is 0 Å². The van der Waals surface area contributed by atoms with Crippen molar-refractivity contribution in [3.05, 3.63) is 46.6 Å². The van der Waals surface area contributed by atoms with E-state index in [9.17, 15) is 4.79 Å². The summed E-state index contributed by atoms with van der Waals surface area (Å²) < 4.78 is 11.3. The summed E-state index contributed by atoms with van der Waals surface area (Å²) in [5, 5.41) is 16.9. The lowest BCUT2D eigenvalue weighted by molar-refractivity contribution is 0.0697. The smallest absolute Gasteiger partial charge is 0.336 e. The first-order valence-electron chi connectivity index (χ1n) is 5.57. The largest absolute Gasteiger partial charge is 0.478 e. The molecule has 1 aromatic carbocycles. The molecule has 0 saturated carbocycles. The molecule has 0 aliphatic heterocycles. The first kappa shape index (κ1) is 12.6. The van der Waals surface area contributed by atoms with Crippen LogP contribution >= 0.6 is 15.9 Å². The summed E-state index contributed by atoms with van der Waals surface area (Å²) >= 11 is 3.18. The van der Waals surface area contributed by atoms with Crippen LogP contribution in [0.25, 0.3) is 23.1 Å². The lowest BCUT2D eigenvalue weighted by Crippen LogP contribution is -1.98. The SMILES string of the molecule is O=C(O)c1ccccc1-c1nnc(-c2ccc(Br)o2)o1. The van der Waals surface area contributed by atoms with Crippen molar-refractivity contribution in [3.63, 3.8) is 0 Å². The zero-order valence-electron chi connectivity index (χ0n) is 9.91. The molecule has 6 nitrogen and oxygen atoms in total. The van der Waals surface area contributed by atoms with E-state index in [1.165, 1.54) is 6.07 Å². The second-order valence-corrected chi connectivity index (χ2v) is 4.65. The molecule has 0 aliphatic carbocycles. The van der Waals surface area contributed by atoms with Gasteiger partial charge >= 0.3 is 5.97 Å². The topological polar surface area (TPSA) is 89.4 Å². The highest BCUT2D eigenvalue weighted by Crippen LogP contribution is 2.28. The summed E-state index contributed by atoms with van der Waals surface area (Å²) in [6.45, 7) is 0. The third kappa shape index (κ3) is 2.23. The quantitative estimate of drug-likeness (QED) is 0.788. The number of carboxylic acids is 1. The Kier molecular flexibility index (Phi) is 3.11. The number of halogens is 1. The van der Waals surface area contributed by atoms with Crippen LogP contribution in [0.3, 0.4) is 0 Å². The Morgan fingerprint density at radius 1 is 1.05 bits per heavy atom. The summed E-state index contributed by atoms with van der Waals surface area (Å²) in [5.74, 6) is -0.332. The molecule has 2 aromatic heterocycles. The van der Waals surface area contributed by atoms with Crippen LogP contribution < -0.4 is 0 Å². The third-order valence-corrected chi connectivity index (χ3v) is 3.02. The Morgan fingerprint density at radius 2 is 1.80 bits per heavy atom. The van der Waals surface area contributed by atoms with Crippen LogP contribution in [-0.2, 0) is 0 Å². The molecule has 7 heteroatoms. The van der Waals surface area contributed by atoms with Crippen molar-refractivity contribution in [2.75, 3.05) is 0 Å². The molecule has 0 unspecified atom stereocenters. The number of furan rings is 1. The predicted octanol–water partition coefficient (Wildman–Crippen LogP) is 3.46. The number of nitrogens with zero attached hydrogens (tertiary/aromatic N) is 2. The fourth-order valence-electron chi connectivity index (χ4n) is 1.72. The molecule has 1 N–H and O–H groups in total. The minimum atomic E-state index is -1.05. The average Bonchev–Trinajstić information content (AvgIpc) is 3.07. The number of benzene rings is 1. The van der Waals surface area contributed by atoms with Crippen molar-refractivity contribution in [1.29, 1.82) is 0 Å². The summed E-state index contributed by atoms with van der Waals surface area (Å²) in [4.78, 5) is 11.2. The second-order valence-electron chi connectivity index (χ2n) is 3.87. The normalized spacial score (nSPS) is 10.7. The van der Waals surface area contributed by atoms with Crippen LogP contribution in [0, 0.1) is 0 Å². The molecule has 0 aliphatic rings. The van der Waals surface area contributed by atoms with E-state index in [2.05, 4.69) is 26.1 Å². The maximum atomic E-state index is 11.2. The lowest BCUT2D eigenvalue weighted by Gasteiger charge is -1.99. The molecule has 3 rings (SSSR count). The van der Waals surface area contributed by atoms with Crippen LogP contribution in [0.1, 0.15) is 10.4 Å². The van der Waals surface area contributed by atoms with E-state index < -0.39 is 5.97 Å². The maximum absolute atomic E-state index is 11.2. The van der Waals surface area contributed by atoms with Gasteiger partial charge in [-0.25, -0.2) is 4.79 Å². The van der Waals surface area contributed by atoms with Crippen molar-refractivity contribution < 1.29 is 18.7 Å². The number of aromatic nitrogens is 2. The summed E-state index contributed by atoms with van der Waals surface area (Å²) in [6.07, 6.45) is 0. The molecular weight excluding hydrogens is 328 g/mol. The van der Waals surface area contributed by atoms with E-state index in [1.54, 1.807) is 30.3 Å². The Morgan fingerprint density at radius 3 is 2.50 bits per heavy atom. The molecule has 0 atom stereocenters. The van der Waals surface area contributed by atoms with Crippen LogP contribution in [0.5, 0.6) is 0 Å². The molecule has 0 radical (unpaired) electrons. The molecule has 0 fully saturated rings. The van der Waals surface area contributed by atoms with Crippen LogP contribution in [0.2, 0.25) is 0 Å². The van der Waals surface area contributed by atoms with Crippen molar-refractivity contribution in [3.8, 4) is 23.1 Å². The third-order valence-electron chi connectivity index (χ3n) is 2.60. The first-order valence-corrected chi connectivity index (χ1v) is 6.36. The summed E-state index contributed by atoms with van der Waals surface area (Å²) in [7, 11) is 0. The Labute approximate surface area is 121 Å². The number of rotatable bonds is 3. The molecule has 0 bridgehead atoms. The Balaban J connectivity index is 2.05. The molecule has 0 spiro atoms. The van der Waals surface area contributed by atoms with Gasteiger partial charge in [-0.05, 0) is 40.2 Å². The molecule has 0 amide bonds. The van der Waals surface area contributed by atoms with Gasteiger partial charge in [0.1, 0.15) is 0 Å². The minimum absolute atomic E-state index is 0.100. The monoisotopic (exact) mass is 334 g/mol. The van der Waals surface area contributed by atoms with Gasteiger partial charge in [-0.1, -0.05) is 12.1 Å². The summed E-state index contributed by atoms with van der Waals surface area (Å²) in [5.41, 5.74) is 0.465. The van der Waals surface area contributed by atoms with E-state index in [0.29, 0.717) is 16.0 Å². The highest BCUT2D eigenvalue weighted by Gasteiger charge is 2.18. The molecule has 0 saturated heterocycles. The molecular formula is C13H7BrN2O4. The van der Waals surface area contributed by atoms with Gasteiger partial charge in [0.05, 0.1) is 11.1 Å². The Hall–Kier alpha value is -2.41. The van der Waals surface area contributed by atoms with E-state index in [-0.39, 0.29) is 17.3 Å². The zero-order valence-corrected chi connectivity index (χ0v) is 11.5. The fourth-order valence-corrected chi connectivity index (χ4v) is 2.02. The number of carboxylic acid groups (broad SMARTS) is 1.